The molecule has 1 aliphatic rings. The fraction of sp³-hybridized carbons (Fsp3) is 0.136. The van der Waals surface area contributed by atoms with Crippen molar-refractivity contribution in [3.05, 3.63) is 77.0 Å². The highest BCUT2D eigenvalue weighted by atomic mass is 16.6. The van der Waals surface area contributed by atoms with Crippen LogP contribution in [0.5, 0.6) is 0 Å². The summed E-state index contributed by atoms with van der Waals surface area (Å²) in [4.78, 5) is 23.4. The second-order valence-corrected chi connectivity index (χ2v) is 6.69. The van der Waals surface area contributed by atoms with Crippen molar-refractivity contribution in [2.24, 2.45) is 4.99 Å². The van der Waals surface area contributed by atoms with E-state index >= 15 is 0 Å². The van der Waals surface area contributed by atoms with Gasteiger partial charge in [0.1, 0.15) is 5.82 Å². The largest absolute Gasteiger partial charge is 0.402 e. The van der Waals surface area contributed by atoms with E-state index in [1.54, 1.807) is 6.08 Å². The Balaban J connectivity index is 1.82. The summed E-state index contributed by atoms with van der Waals surface area (Å²) in [6.07, 6.45) is 1.74. The van der Waals surface area contributed by atoms with Crippen molar-refractivity contribution >= 4 is 34.7 Å². The summed E-state index contributed by atoms with van der Waals surface area (Å²) in [7, 11) is 3.86. The van der Waals surface area contributed by atoms with E-state index < -0.39 is 5.97 Å². The van der Waals surface area contributed by atoms with Crippen molar-refractivity contribution in [1.82, 2.24) is 4.98 Å². The Morgan fingerprint density at radius 2 is 1.81 bits per heavy atom. The average Bonchev–Trinajstić information content (AvgIpc) is 3.02. The number of ether oxygens (including phenoxy) is 1. The van der Waals surface area contributed by atoms with Crippen molar-refractivity contribution in [3.8, 4) is 0 Å². The monoisotopic (exact) mass is 357 g/mol. The summed E-state index contributed by atoms with van der Waals surface area (Å²) in [5, 5.41) is 1.01. The van der Waals surface area contributed by atoms with Gasteiger partial charge in [-0.05, 0) is 42.8 Å². The van der Waals surface area contributed by atoms with E-state index in [1.807, 2.05) is 74.4 Å². The van der Waals surface area contributed by atoms with Crippen molar-refractivity contribution in [3.63, 3.8) is 0 Å². The van der Waals surface area contributed by atoms with Crippen LogP contribution in [-0.2, 0) is 9.53 Å². The Bertz CT molecular complexity index is 1100. The van der Waals surface area contributed by atoms with E-state index in [0.29, 0.717) is 5.90 Å². The van der Waals surface area contributed by atoms with Gasteiger partial charge in [-0.2, -0.15) is 0 Å². The number of nitrogens with zero attached hydrogens (tertiary/aromatic N) is 3. The molecule has 2 aromatic carbocycles. The third-order valence-corrected chi connectivity index (χ3v) is 4.34. The predicted molar refractivity (Wildman–Crippen MR) is 108 cm³/mol. The molecule has 27 heavy (non-hydrogen) atoms. The van der Waals surface area contributed by atoms with Gasteiger partial charge in [-0.1, -0.05) is 30.3 Å². The van der Waals surface area contributed by atoms with Crippen LogP contribution in [0.3, 0.4) is 0 Å². The summed E-state index contributed by atoms with van der Waals surface area (Å²) in [6.45, 7) is 2.04. The van der Waals surface area contributed by atoms with Crippen LogP contribution in [0.4, 0.5) is 5.82 Å². The topological polar surface area (TPSA) is 54.8 Å². The first kappa shape index (κ1) is 17.0. The number of cyclic esters (lactones) is 1. The maximum atomic E-state index is 12.3. The average molecular weight is 357 g/mol. The van der Waals surface area contributed by atoms with Crippen LogP contribution in [0.25, 0.3) is 17.0 Å². The minimum Gasteiger partial charge on any atom is -0.402 e. The number of fused-ring (bicyclic) bond motifs is 1. The van der Waals surface area contributed by atoms with E-state index in [1.165, 1.54) is 0 Å². The van der Waals surface area contributed by atoms with Gasteiger partial charge in [0, 0.05) is 30.6 Å². The lowest BCUT2D eigenvalue weighted by Gasteiger charge is -2.15. The van der Waals surface area contributed by atoms with Crippen LogP contribution in [0, 0.1) is 6.92 Å². The maximum absolute atomic E-state index is 12.3. The van der Waals surface area contributed by atoms with Crippen LogP contribution in [0.15, 0.2) is 65.3 Å². The number of hydrogen-bond acceptors (Lipinski definition) is 5. The number of pyridine rings is 1. The van der Waals surface area contributed by atoms with Gasteiger partial charge in [-0.25, -0.2) is 14.8 Å². The number of esters is 1. The lowest BCUT2D eigenvalue weighted by atomic mass is 10.1. The molecule has 1 aliphatic heterocycles. The Kier molecular flexibility index (Phi) is 4.20. The summed E-state index contributed by atoms with van der Waals surface area (Å²) in [5.41, 5.74) is 3.94. The van der Waals surface area contributed by atoms with Gasteiger partial charge in [0.05, 0.1) is 5.52 Å². The minimum absolute atomic E-state index is 0.269. The van der Waals surface area contributed by atoms with Gasteiger partial charge >= 0.3 is 5.97 Å². The Hall–Kier alpha value is -3.47. The van der Waals surface area contributed by atoms with Crippen molar-refractivity contribution in [1.29, 1.82) is 0 Å². The van der Waals surface area contributed by atoms with Crippen molar-refractivity contribution < 1.29 is 9.53 Å². The number of rotatable bonds is 3. The first-order valence-electron chi connectivity index (χ1n) is 8.68. The van der Waals surface area contributed by atoms with Crippen molar-refractivity contribution in [2.45, 2.75) is 6.92 Å². The zero-order valence-corrected chi connectivity index (χ0v) is 15.4. The van der Waals surface area contributed by atoms with E-state index in [-0.39, 0.29) is 5.70 Å². The molecule has 0 amide bonds. The highest BCUT2D eigenvalue weighted by molar-refractivity contribution is 6.13. The molecule has 0 spiro atoms. The molecular weight excluding hydrogens is 338 g/mol. The van der Waals surface area contributed by atoms with Crippen LogP contribution in [0.2, 0.25) is 0 Å². The highest BCUT2D eigenvalue weighted by Crippen LogP contribution is 2.27. The molecule has 5 heteroatoms. The van der Waals surface area contributed by atoms with Gasteiger partial charge in [0.25, 0.3) is 0 Å². The molecule has 0 radical (unpaired) electrons. The summed E-state index contributed by atoms with van der Waals surface area (Å²) < 4.78 is 5.34. The zero-order chi connectivity index (χ0) is 19.0. The molecule has 0 atom stereocenters. The number of aliphatic imine (C=N–C) groups is 1. The van der Waals surface area contributed by atoms with Gasteiger partial charge in [-0.15, -0.1) is 0 Å². The Labute approximate surface area is 157 Å². The fourth-order valence-corrected chi connectivity index (χ4v) is 3.01. The molecule has 0 aliphatic carbocycles. The molecule has 4 rings (SSSR count). The number of aryl methyl sites for hydroxylation is 1. The van der Waals surface area contributed by atoms with E-state index in [9.17, 15) is 4.79 Å². The summed E-state index contributed by atoms with van der Waals surface area (Å²) in [6, 6.07) is 17.5. The number of benzene rings is 2. The normalized spacial score (nSPS) is 15.1. The number of carbonyl (C=O) groups is 1. The van der Waals surface area contributed by atoms with E-state index in [2.05, 4.69) is 11.1 Å². The molecular formula is C22H19N3O2. The predicted octanol–water partition coefficient (Wildman–Crippen LogP) is 3.95. The lowest BCUT2D eigenvalue weighted by Crippen LogP contribution is -2.12. The molecule has 134 valence electrons. The number of hydrogen-bond donors (Lipinski definition) is 0. The van der Waals surface area contributed by atoms with Gasteiger partial charge in [0.2, 0.25) is 5.90 Å². The lowest BCUT2D eigenvalue weighted by molar-refractivity contribution is -0.129. The number of anilines is 1. The maximum Gasteiger partial charge on any atom is 0.363 e. The van der Waals surface area contributed by atoms with E-state index in [0.717, 1.165) is 33.4 Å². The standard InChI is InChI=1S/C22H19N3O2/c1-14-9-10-16-12-17(20(25(2)3)23-18(16)11-14)13-19-22(26)27-21(24-19)15-7-5-4-6-8-15/h4-13H,1-3H3. The molecule has 5 nitrogen and oxygen atoms in total. The Morgan fingerprint density at radius 3 is 2.56 bits per heavy atom. The SMILES string of the molecule is Cc1ccc2cc(C=C3N=C(c4ccccc4)OC3=O)c(N(C)C)nc2c1. The van der Waals surface area contributed by atoms with Crippen LogP contribution in [0.1, 0.15) is 16.7 Å². The van der Waals surface area contributed by atoms with Crippen LogP contribution >= 0.6 is 0 Å². The first-order valence-corrected chi connectivity index (χ1v) is 8.68. The van der Waals surface area contributed by atoms with Crippen LogP contribution in [-0.4, -0.2) is 30.9 Å². The molecule has 2 heterocycles. The molecule has 3 aromatic rings. The second-order valence-electron chi connectivity index (χ2n) is 6.69. The molecule has 0 unspecified atom stereocenters. The van der Waals surface area contributed by atoms with Gasteiger partial charge < -0.3 is 9.64 Å². The quantitative estimate of drug-likeness (QED) is 0.526. The number of carbonyl (C=O) groups excluding carboxylic acids is 1. The fourth-order valence-electron chi connectivity index (χ4n) is 3.01. The number of aromatic nitrogens is 1. The molecule has 0 fully saturated rings. The summed E-state index contributed by atoms with van der Waals surface area (Å²) in [5.74, 6) is 0.641. The minimum atomic E-state index is -0.456. The summed E-state index contributed by atoms with van der Waals surface area (Å²) >= 11 is 0. The Morgan fingerprint density at radius 1 is 1.04 bits per heavy atom. The third-order valence-electron chi connectivity index (χ3n) is 4.34. The zero-order valence-electron chi connectivity index (χ0n) is 15.4. The van der Waals surface area contributed by atoms with Crippen molar-refractivity contribution in [2.75, 3.05) is 19.0 Å². The third kappa shape index (κ3) is 3.31. The van der Waals surface area contributed by atoms with Crippen LogP contribution < -0.4 is 4.90 Å². The second kappa shape index (κ2) is 6.68. The first-order chi connectivity index (χ1) is 13.0. The molecule has 0 bridgehead atoms. The highest BCUT2D eigenvalue weighted by Gasteiger charge is 2.24. The molecule has 0 N–H and O–H groups in total. The van der Waals surface area contributed by atoms with Gasteiger partial charge in [0.15, 0.2) is 5.70 Å². The van der Waals surface area contributed by atoms with Gasteiger partial charge in [-0.3, -0.25) is 0 Å². The molecule has 0 saturated heterocycles. The molecule has 0 saturated carbocycles. The molecule has 1 aromatic heterocycles. The van der Waals surface area contributed by atoms with E-state index in [4.69, 9.17) is 9.72 Å². The smallest absolute Gasteiger partial charge is 0.363 e.